The molecule has 7 heteroatoms. The van der Waals surface area contributed by atoms with Crippen molar-refractivity contribution < 1.29 is 14.7 Å². The molecular weight excluding hydrogens is 308 g/mol. The molecule has 0 aromatic carbocycles. The van der Waals surface area contributed by atoms with E-state index in [-0.39, 0.29) is 16.2 Å². The van der Waals surface area contributed by atoms with E-state index in [9.17, 15) is 14.7 Å². The minimum Gasteiger partial charge on any atom is -0.480 e. The molecule has 1 saturated heterocycles. The first kappa shape index (κ1) is 16.8. The number of nitrogens with one attached hydrogen (secondary N) is 1. The van der Waals surface area contributed by atoms with Crippen LogP contribution in [0.25, 0.3) is 0 Å². The van der Waals surface area contributed by atoms with Gasteiger partial charge in [0.25, 0.3) is 0 Å². The number of amides is 2. The zero-order valence-electron chi connectivity index (χ0n) is 12.6. The molecule has 2 aliphatic rings. The monoisotopic (exact) mass is 332 g/mol. The molecule has 2 rings (SSSR count). The third kappa shape index (κ3) is 3.80. The SMILES string of the molecule is CSC1(CNC(=O)N2C(C)SCC2C(=O)O)CCCCC1. The van der Waals surface area contributed by atoms with Crippen LogP contribution >= 0.6 is 23.5 Å². The minimum absolute atomic E-state index is 0.0808. The molecular formula is C14H24N2O3S2. The van der Waals surface area contributed by atoms with E-state index in [0.717, 1.165) is 12.8 Å². The predicted octanol–water partition coefficient (Wildman–Crippen LogP) is 2.61. The van der Waals surface area contributed by atoms with Crippen molar-refractivity contribution in [2.75, 3.05) is 18.6 Å². The van der Waals surface area contributed by atoms with Crippen molar-refractivity contribution in [3.8, 4) is 0 Å². The average Bonchev–Trinajstić information content (AvgIpc) is 2.88. The van der Waals surface area contributed by atoms with Crippen LogP contribution in [0.2, 0.25) is 0 Å². The van der Waals surface area contributed by atoms with E-state index in [1.165, 1.54) is 35.9 Å². The Morgan fingerprint density at radius 2 is 2.05 bits per heavy atom. The Balaban J connectivity index is 1.95. The zero-order chi connectivity index (χ0) is 15.5. The highest BCUT2D eigenvalue weighted by Crippen LogP contribution is 2.38. The molecule has 5 nitrogen and oxygen atoms in total. The lowest BCUT2D eigenvalue weighted by Crippen LogP contribution is -2.52. The number of rotatable bonds is 4. The summed E-state index contributed by atoms with van der Waals surface area (Å²) in [6.45, 7) is 2.52. The molecule has 2 amide bonds. The fourth-order valence-electron chi connectivity index (χ4n) is 3.12. The van der Waals surface area contributed by atoms with Gasteiger partial charge in [0.2, 0.25) is 0 Å². The number of aliphatic carboxylic acids is 1. The van der Waals surface area contributed by atoms with E-state index in [1.807, 2.05) is 18.7 Å². The van der Waals surface area contributed by atoms with Gasteiger partial charge in [0.05, 0.1) is 5.37 Å². The van der Waals surface area contributed by atoms with Gasteiger partial charge in [0.1, 0.15) is 6.04 Å². The number of urea groups is 1. The Bertz CT molecular complexity index is 400. The summed E-state index contributed by atoms with van der Waals surface area (Å²) in [4.78, 5) is 25.1. The molecule has 120 valence electrons. The lowest BCUT2D eigenvalue weighted by Gasteiger charge is -2.36. The molecule has 1 aliphatic heterocycles. The van der Waals surface area contributed by atoms with Crippen molar-refractivity contribution in [3.63, 3.8) is 0 Å². The van der Waals surface area contributed by atoms with E-state index < -0.39 is 12.0 Å². The highest BCUT2D eigenvalue weighted by molar-refractivity contribution is 8.00. The van der Waals surface area contributed by atoms with Crippen molar-refractivity contribution in [1.29, 1.82) is 0 Å². The van der Waals surface area contributed by atoms with Gasteiger partial charge < -0.3 is 10.4 Å². The normalized spacial score (nSPS) is 28.4. The summed E-state index contributed by atoms with van der Waals surface area (Å²) in [7, 11) is 0. The van der Waals surface area contributed by atoms with Crippen LogP contribution in [0.4, 0.5) is 4.79 Å². The number of carboxylic acid groups (broad SMARTS) is 1. The number of carbonyl (C=O) groups is 2. The van der Waals surface area contributed by atoms with E-state index in [4.69, 9.17) is 0 Å². The summed E-state index contributed by atoms with van der Waals surface area (Å²) in [5, 5.41) is 12.1. The first-order valence-corrected chi connectivity index (χ1v) is 9.72. The predicted molar refractivity (Wildman–Crippen MR) is 87.9 cm³/mol. The van der Waals surface area contributed by atoms with Crippen molar-refractivity contribution in [3.05, 3.63) is 0 Å². The van der Waals surface area contributed by atoms with Gasteiger partial charge in [-0.1, -0.05) is 19.3 Å². The summed E-state index contributed by atoms with van der Waals surface area (Å²) in [6.07, 6.45) is 8.06. The van der Waals surface area contributed by atoms with Crippen LogP contribution < -0.4 is 5.32 Å². The first-order chi connectivity index (χ1) is 9.99. The summed E-state index contributed by atoms with van der Waals surface area (Å²) in [6, 6.07) is -0.944. The number of thioether (sulfide) groups is 2. The second-order valence-electron chi connectivity index (χ2n) is 5.80. The van der Waals surface area contributed by atoms with Crippen LogP contribution in [-0.2, 0) is 4.79 Å². The summed E-state index contributed by atoms with van der Waals surface area (Å²) >= 11 is 3.35. The second kappa shape index (κ2) is 7.13. The molecule has 2 unspecified atom stereocenters. The van der Waals surface area contributed by atoms with E-state index in [1.54, 1.807) is 0 Å². The van der Waals surface area contributed by atoms with Gasteiger partial charge in [-0.3, -0.25) is 4.90 Å². The highest BCUT2D eigenvalue weighted by Gasteiger charge is 2.40. The van der Waals surface area contributed by atoms with Crippen molar-refractivity contribution >= 4 is 35.5 Å². The molecule has 2 N–H and O–H groups in total. The molecule has 21 heavy (non-hydrogen) atoms. The largest absolute Gasteiger partial charge is 0.480 e. The number of carboxylic acids is 1. The van der Waals surface area contributed by atoms with Gasteiger partial charge in [-0.25, -0.2) is 9.59 Å². The summed E-state index contributed by atoms with van der Waals surface area (Å²) in [5.74, 6) is -0.448. The van der Waals surface area contributed by atoms with Gasteiger partial charge in [0, 0.05) is 17.0 Å². The third-order valence-corrected chi connectivity index (χ3v) is 7.14. The molecule has 1 aliphatic carbocycles. The Morgan fingerprint density at radius 3 is 2.62 bits per heavy atom. The van der Waals surface area contributed by atoms with Gasteiger partial charge in [-0.05, 0) is 26.0 Å². The average molecular weight is 332 g/mol. The van der Waals surface area contributed by atoms with Gasteiger partial charge in [-0.2, -0.15) is 11.8 Å². The maximum atomic E-state index is 12.4. The molecule has 1 heterocycles. The number of carbonyl (C=O) groups excluding carboxylic acids is 1. The topological polar surface area (TPSA) is 69.6 Å². The molecule has 0 radical (unpaired) electrons. The molecule has 2 fully saturated rings. The van der Waals surface area contributed by atoms with Gasteiger partial charge in [0.15, 0.2) is 0 Å². The maximum absolute atomic E-state index is 12.4. The Labute approximate surface area is 134 Å². The molecule has 1 saturated carbocycles. The van der Waals surface area contributed by atoms with Crippen LogP contribution in [0.3, 0.4) is 0 Å². The number of nitrogens with zero attached hydrogens (tertiary/aromatic N) is 1. The van der Waals surface area contributed by atoms with Crippen molar-refractivity contribution in [1.82, 2.24) is 10.2 Å². The van der Waals surface area contributed by atoms with E-state index >= 15 is 0 Å². The molecule has 0 bridgehead atoms. The summed E-state index contributed by atoms with van der Waals surface area (Å²) in [5.41, 5.74) is 0. The highest BCUT2D eigenvalue weighted by atomic mass is 32.2. The number of hydrogen-bond acceptors (Lipinski definition) is 4. The van der Waals surface area contributed by atoms with Crippen LogP contribution in [0.1, 0.15) is 39.0 Å². The number of hydrogen-bond donors (Lipinski definition) is 2. The molecule has 0 aromatic rings. The smallest absolute Gasteiger partial charge is 0.327 e. The molecule has 0 spiro atoms. The standard InChI is InChI=1S/C14H24N2O3S2/c1-10-16(11(8-21-10)12(17)18)13(19)15-9-14(20-2)6-4-3-5-7-14/h10-11H,3-9H2,1-2H3,(H,15,19)(H,17,18). The quantitative estimate of drug-likeness (QED) is 0.828. The van der Waals surface area contributed by atoms with E-state index in [2.05, 4.69) is 11.6 Å². The summed E-state index contributed by atoms with van der Waals surface area (Å²) < 4.78 is 0.128. The Kier molecular flexibility index (Phi) is 5.71. The maximum Gasteiger partial charge on any atom is 0.327 e. The Morgan fingerprint density at radius 1 is 1.38 bits per heavy atom. The van der Waals surface area contributed by atoms with Crippen LogP contribution in [-0.4, -0.2) is 56.7 Å². The lowest BCUT2D eigenvalue weighted by molar-refractivity contribution is -0.141. The van der Waals surface area contributed by atoms with Crippen molar-refractivity contribution in [2.24, 2.45) is 0 Å². The fourth-order valence-corrected chi connectivity index (χ4v) is 5.20. The minimum atomic E-state index is -0.917. The van der Waals surface area contributed by atoms with Crippen molar-refractivity contribution in [2.45, 2.75) is 55.2 Å². The second-order valence-corrected chi connectivity index (χ2v) is 8.42. The third-order valence-electron chi connectivity index (χ3n) is 4.50. The first-order valence-electron chi connectivity index (χ1n) is 7.45. The van der Waals surface area contributed by atoms with Crippen LogP contribution in [0.5, 0.6) is 0 Å². The zero-order valence-corrected chi connectivity index (χ0v) is 14.3. The fraction of sp³-hybridized carbons (Fsp3) is 0.857. The Hall–Kier alpha value is -0.560. The van der Waals surface area contributed by atoms with Gasteiger partial charge in [-0.15, -0.1) is 11.8 Å². The van der Waals surface area contributed by atoms with Crippen LogP contribution in [0, 0.1) is 0 Å². The van der Waals surface area contributed by atoms with Gasteiger partial charge >= 0.3 is 12.0 Å². The van der Waals surface area contributed by atoms with E-state index in [0.29, 0.717) is 12.3 Å². The molecule has 2 atom stereocenters. The van der Waals surface area contributed by atoms with Crippen LogP contribution in [0.15, 0.2) is 0 Å². The lowest BCUT2D eigenvalue weighted by atomic mass is 9.88. The molecule has 0 aromatic heterocycles.